The summed E-state index contributed by atoms with van der Waals surface area (Å²) in [6.07, 6.45) is 6.01. The van der Waals surface area contributed by atoms with Gasteiger partial charge in [0.1, 0.15) is 6.33 Å². The molecule has 1 unspecified atom stereocenters. The normalized spacial score (nSPS) is 17.6. The highest BCUT2D eigenvalue weighted by atomic mass is 16.6. The van der Waals surface area contributed by atoms with Crippen LogP contribution in [0.25, 0.3) is 0 Å². The van der Waals surface area contributed by atoms with Gasteiger partial charge in [0, 0.05) is 6.04 Å². The Morgan fingerprint density at radius 3 is 2.78 bits per heavy atom. The van der Waals surface area contributed by atoms with Crippen LogP contribution in [0.2, 0.25) is 0 Å². The highest BCUT2D eigenvalue weighted by Crippen LogP contribution is 2.32. The summed E-state index contributed by atoms with van der Waals surface area (Å²) in [7, 11) is 0. The number of nitrogens with two attached hydrogens (primary N) is 1. The van der Waals surface area contributed by atoms with Gasteiger partial charge in [0.15, 0.2) is 0 Å². The molecular formula is C11H17N5O2. The number of anilines is 2. The molecule has 1 aliphatic carbocycles. The van der Waals surface area contributed by atoms with E-state index in [0.717, 1.165) is 12.8 Å². The van der Waals surface area contributed by atoms with Crippen molar-refractivity contribution in [1.82, 2.24) is 9.97 Å². The number of nitrogens with one attached hydrogen (secondary N) is 1. The Kier molecular flexibility index (Phi) is 3.59. The lowest BCUT2D eigenvalue weighted by molar-refractivity contribution is -0.383. The molecule has 0 aliphatic heterocycles. The van der Waals surface area contributed by atoms with Crippen molar-refractivity contribution in [3.63, 3.8) is 0 Å². The molecular weight excluding hydrogens is 234 g/mol. The van der Waals surface area contributed by atoms with E-state index in [0.29, 0.717) is 5.92 Å². The van der Waals surface area contributed by atoms with Crippen LogP contribution >= 0.6 is 0 Å². The molecule has 0 radical (unpaired) electrons. The number of rotatable bonds is 4. The maximum Gasteiger partial charge on any atom is 0.352 e. The molecule has 98 valence electrons. The standard InChI is InChI=1S/C11H17N5O2/c1-7(8-4-2-3-5-8)15-11-9(16(17)18)10(12)13-6-14-11/h6-8H,2-5H2,1H3,(H3,12,13,14,15). The molecule has 1 heterocycles. The molecule has 0 aromatic carbocycles. The number of nitro groups is 1. The Bertz CT molecular complexity index is 445. The third-order valence-electron chi connectivity index (χ3n) is 3.50. The SMILES string of the molecule is CC(Nc1ncnc(N)c1[N+](=O)[O-])C1CCCC1. The van der Waals surface area contributed by atoms with Crippen LogP contribution in [0, 0.1) is 16.0 Å². The van der Waals surface area contributed by atoms with E-state index < -0.39 is 4.92 Å². The van der Waals surface area contributed by atoms with Crippen molar-refractivity contribution < 1.29 is 4.92 Å². The van der Waals surface area contributed by atoms with Gasteiger partial charge >= 0.3 is 5.69 Å². The van der Waals surface area contributed by atoms with Crippen LogP contribution in [0.15, 0.2) is 6.33 Å². The minimum absolute atomic E-state index is 0.101. The lowest BCUT2D eigenvalue weighted by Gasteiger charge is -2.20. The Hall–Kier alpha value is -1.92. The summed E-state index contributed by atoms with van der Waals surface area (Å²) in [6.45, 7) is 2.03. The van der Waals surface area contributed by atoms with Crippen molar-refractivity contribution in [2.24, 2.45) is 5.92 Å². The molecule has 1 fully saturated rings. The molecule has 7 nitrogen and oxygen atoms in total. The topological polar surface area (TPSA) is 107 Å². The van der Waals surface area contributed by atoms with Gasteiger partial charge in [-0.05, 0) is 25.7 Å². The molecule has 0 spiro atoms. The Labute approximate surface area is 105 Å². The fraction of sp³-hybridized carbons (Fsp3) is 0.636. The van der Waals surface area contributed by atoms with E-state index in [2.05, 4.69) is 15.3 Å². The zero-order valence-corrected chi connectivity index (χ0v) is 10.3. The van der Waals surface area contributed by atoms with E-state index in [-0.39, 0.29) is 23.4 Å². The minimum atomic E-state index is -0.543. The molecule has 2 rings (SSSR count). The Morgan fingerprint density at radius 1 is 1.50 bits per heavy atom. The lowest BCUT2D eigenvalue weighted by atomic mass is 10.00. The van der Waals surface area contributed by atoms with Crippen LogP contribution in [-0.4, -0.2) is 20.9 Å². The van der Waals surface area contributed by atoms with Gasteiger partial charge in [0.25, 0.3) is 0 Å². The summed E-state index contributed by atoms with van der Waals surface area (Å²) in [4.78, 5) is 18.0. The van der Waals surface area contributed by atoms with Gasteiger partial charge in [-0.2, -0.15) is 0 Å². The van der Waals surface area contributed by atoms with Gasteiger partial charge < -0.3 is 11.1 Å². The quantitative estimate of drug-likeness (QED) is 0.625. The third-order valence-corrected chi connectivity index (χ3v) is 3.50. The average molecular weight is 251 g/mol. The Balaban J connectivity index is 2.17. The summed E-state index contributed by atoms with van der Waals surface area (Å²) in [5, 5.41) is 14.1. The van der Waals surface area contributed by atoms with Crippen LogP contribution in [0.3, 0.4) is 0 Å². The number of hydrogen-bond acceptors (Lipinski definition) is 6. The molecule has 0 amide bonds. The molecule has 7 heteroatoms. The first-order valence-electron chi connectivity index (χ1n) is 6.11. The van der Waals surface area contributed by atoms with Crippen LogP contribution in [0.1, 0.15) is 32.6 Å². The second-order valence-corrected chi connectivity index (χ2v) is 4.69. The monoisotopic (exact) mass is 251 g/mol. The van der Waals surface area contributed by atoms with Crippen molar-refractivity contribution in [2.75, 3.05) is 11.1 Å². The summed E-state index contributed by atoms with van der Waals surface area (Å²) >= 11 is 0. The van der Waals surface area contributed by atoms with Crippen molar-refractivity contribution in [3.8, 4) is 0 Å². The maximum absolute atomic E-state index is 11.0. The summed E-state index contributed by atoms with van der Waals surface area (Å²) in [6, 6.07) is 0.153. The fourth-order valence-corrected chi connectivity index (χ4v) is 2.47. The van der Waals surface area contributed by atoms with Gasteiger partial charge in [-0.15, -0.1) is 0 Å². The first kappa shape index (κ1) is 12.5. The number of aromatic nitrogens is 2. The first-order valence-corrected chi connectivity index (χ1v) is 6.11. The average Bonchev–Trinajstić information content (AvgIpc) is 2.81. The lowest BCUT2D eigenvalue weighted by Crippen LogP contribution is -2.25. The second-order valence-electron chi connectivity index (χ2n) is 4.69. The summed E-state index contributed by atoms with van der Waals surface area (Å²) in [5.41, 5.74) is 5.28. The number of nitrogens with zero attached hydrogens (tertiary/aromatic N) is 3. The van der Waals surface area contributed by atoms with E-state index in [1.54, 1.807) is 0 Å². The van der Waals surface area contributed by atoms with Crippen molar-refractivity contribution in [1.29, 1.82) is 0 Å². The Morgan fingerprint density at radius 2 is 2.17 bits per heavy atom. The molecule has 1 saturated carbocycles. The fourth-order valence-electron chi connectivity index (χ4n) is 2.47. The maximum atomic E-state index is 11.0. The molecule has 0 saturated heterocycles. The molecule has 1 atom stereocenters. The summed E-state index contributed by atoms with van der Waals surface area (Å²) in [5.74, 6) is 0.656. The molecule has 0 bridgehead atoms. The van der Waals surface area contributed by atoms with E-state index in [9.17, 15) is 10.1 Å². The zero-order valence-electron chi connectivity index (χ0n) is 10.3. The highest BCUT2D eigenvalue weighted by Gasteiger charge is 2.26. The summed E-state index contributed by atoms with van der Waals surface area (Å²) < 4.78 is 0. The predicted octanol–water partition coefficient (Wildman–Crippen LogP) is 1.96. The van der Waals surface area contributed by atoms with Crippen LogP contribution < -0.4 is 11.1 Å². The number of nitrogen functional groups attached to an aromatic ring is 1. The zero-order chi connectivity index (χ0) is 13.1. The van der Waals surface area contributed by atoms with Gasteiger partial charge in [-0.1, -0.05) is 12.8 Å². The largest absolute Gasteiger partial charge is 0.378 e. The molecule has 1 aliphatic rings. The van der Waals surface area contributed by atoms with Crippen molar-refractivity contribution in [3.05, 3.63) is 16.4 Å². The van der Waals surface area contributed by atoms with E-state index in [4.69, 9.17) is 5.73 Å². The van der Waals surface area contributed by atoms with Crippen LogP contribution in [-0.2, 0) is 0 Å². The van der Waals surface area contributed by atoms with Gasteiger partial charge in [0.2, 0.25) is 11.6 Å². The van der Waals surface area contributed by atoms with Gasteiger partial charge in [-0.25, -0.2) is 9.97 Å². The first-order chi connectivity index (χ1) is 8.59. The van der Waals surface area contributed by atoms with E-state index in [1.807, 2.05) is 6.92 Å². The minimum Gasteiger partial charge on any atom is -0.378 e. The third kappa shape index (κ3) is 2.49. The number of hydrogen-bond donors (Lipinski definition) is 2. The molecule has 18 heavy (non-hydrogen) atoms. The van der Waals surface area contributed by atoms with E-state index >= 15 is 0 Å². The second kappa shape index (κ2) is 5.16. The van der Waals surface area contributed by atoms with Gasteiger partial charge in [0.05, 0.1) is 4.92 Å². The molecule has 3 N–H and O–H groups in total. The predicted molar refractivity (Wildman–Crippen MR) is 68.1 cm³/mol. The molecule has 1 aromatic heterocycles. The smallest absolute Gasteiger partial charge is 0.352 e. The van der Waals surface area contributed by atoms with Crippen LogP contribution in [0.4, 0.5) is 17.3 Å². The molecule has 1 aromatic rings. The van der Waals surface area contributed by atoms with Gasteiger partial charge in [-0.3, -0.25) is 10.1 Å². The van der Waals surface area contributed by atoms with E-state index in [1.165, 1.54) is 19.2 Å². The highest BCUT2D eigenvalue weighted by molar-refractivity contribution is 5.67. The van der Waals surface area contributed by atoms with Crippen LogP contribution in [0.5, 0.6) is 0 Å². The van der Waals surface area contributed by atoms with Crippen molar-refractivity contribution in [2.45, 2.75) is 38.6 Å². The van der Waals surface area contributed by atoms with Crippen molar-refractivity contribution >= 4 is 17.3 Å².